The van der Waals surface area contributed by atoms with Gasteiger partial charge in [0, 0.05) is 18.5 Å². The molecule has 0 aliphatic carbocycles. The number of para-hydroxylation sites is 1. The van der Waals surface area contributed by atoms with Gasteiger partial charge in [-0.3, -0.25) is 9.10 Å². The first-order valence-corrected chi connectivity index (χ1v) is 12.3. The Bertz CT molecular complexity index is 1080. The molecule has 0 saturated heterocycles. The van der Waals surface area contributed by atoms with Crippen LogP contribution in [0, 0.1) is 0 Å². The van der Waals surface area contributed by atoms with E-state index in [1.54, 1.807) is 43.3 Å². The largest absolute Gasteiger partial charge is 0.466 e. The number of hydrogen-bond acceptors (Lipinski definition) is 5. The number of rotatable bonds is 9. The van der Waals surface area contributed by atoms with Gasteiger partial charge in [-0.05, 0) is 55.6 Å². The standard InChI is InChI=1S/C23H29ClN2O4S/c1-3-30-22(27)12-6-4-5-9-15-25-23-18-10-7-8-11-20(18)26(2)31(28,29)21-16-17(24)13-14-19(21)23/h7-8,10-11,13-14,16,23,25H,3-6,9,12,15H2,1-2H3/t23-/m0/s1/i23D. The minimum Gasteiger partial charge on any atom is -0.466 e. The summed E-state index contributed by atoms with van der Waals surface area (Å²) in [6.07, 6.45) is 3.73. The van der Waals surface area contributed by atoms with Crippen molar-refractivity contribution in [3.05, 3.63) is 58.6 Å². The summed E-state index contributed by atoms with van der Waals surface area (Å²) in [7, 11) is -2.38. The van der Waals surface area contributed by atoms with Crippen LogP contribution in [0.25, 0.3) is 0 Å². The van der Waals surface area contributed by atoms with Crippen molar-refractivity contribution in [2.24, 2.45) is 0 Å². The number of carbonyl (C=O) groups excluding carboxylic acids is 1. The molecule has 0 fully saturated rings. The zero-order valence-corrected chi connectivity index (χ0v) is 19.4. The lowest BCUT2D eigenvalue weighted by Crippen LogP contribution is -2.26. The molecule has 0 saturated carbocycles. The van der Waals surface area contributed by atoms with Crippen LogP contribution in [0.1, 0.15) is 57.5 Å². The van der Waals surface area contributed by atoms with Gasteiger partial charge in [0.25, 0.3) is 10.0 Å². The van der Waals surface area contributed by atoms with Gasteiger partial charge in [-0.1, -0.05) is 48.7 Å². The fraction of sp³-hybridized carbons (Fsp3) is 0.435. The molecule has 2 aromatic carbocycles. The van der Waals surface area contributed by atoms with Gasteiger partial charge in [0.1, 0.15) is 0 Å². The van der Waals surface area contributed by atoms with Crippen LogP contribution in [0.3, 0.4) is 0 Å². The molecule has 168 valence electrons. The van der Waals surface area contributed by atoms with Gasteiger partial charge in [0.15, 0.2) is 0 Å². The van der Waals surface area contributed by atoms with Gasteiger partial charge >= 0.3 is 5.97 Å². The van der Waals surface area contributed by atoms with Gasteiger partial charge in [-0.25, -0.2) is 8.42 Å². The van der Waals surface area contributed by atoms with Crippen molar-refractivity contribution in [1.29, 1.82) is 0 Å². The van der Waals surface area contributed by atoms with E-state index in [9.17, 15) is 14.6 Å². The highest BCUT2D eigenvalue weighted by Crippen LogP contribution is 2.40. The number of fused-ring (bicyclic) bond motifs is 2. The summed E-state index contributed by atoms with van der Waals surface area (Å²) < 4.78 is 42.1. The minimum atomic E-state index is -3.87. The molecular weight excluding hydrogens is 436 g/mol. The summed E-state index contributed by atoms with van der Waals surface area (Å²) in [6.45, 7) is 2.71. The number of nitrogens with one attached hydrogen (secondary N) is 1. The van der Waals surface area contributed by atoms with Crippen molar-refractivity contribution >= 4 is 33.3 Å². The summed E-state index contributed by atoms with van der Waals surface area (Å²) in [4.78, 5) is 11.5. The summed E-state index contributed by atoms with van der Waals surface area (Å²) in [5, 5.41) is 3.59. The lowest BCUT2D eigenvalue weighted by molar-refractivity contribution is -0.143. The average molecular weight is 466 g/mol. The predicted octanol–water partition coefficient (Wildman–Crippen LogP) is 4.67. The molecule has 0 unspecified atom stereocenters. The Labute approximate surface area is 191 Å². The highest BCUT2D eigenvalue weighted by molar-refractivity contribution is 7.92. The third-order valence-electron chi connectivity index (χ3n) is 5.28. The van der Waals surface area contributed by atoms with Crippen LogP contribution in [0.5, 0.6) is 0 Å². The van der Waals surface area contributed by atoms with E-state index in [2.05, 4.69) is 5.32 Å². The van der Waals surface area contributed by atoms with E-state index in [0.717, 1.165) is 25.7 Å². The van der Waals surface area contributed by atoms with Crippen molar-refractivity contribution in [1.82, 2.24) is 5.32 Å². The molecule has 0 spiro atoms. The second kappa shape index (κ2) is 10.5. The Morgan fingerprint density at radius 2 is 1.90 bits per heavy atom. The second-order valence-corrected chi connectivity index (χ2v) is 9.78. The number of benzene rings is 2. The molecule has 1 aliphatic heterocycles. The monoisotopic (exact) mass is 465 g/mol. The lowest BCUT2D eigenvalue weighted by atomic mass is 9.96. The summed E-state index contributed by atoms with van der Waals surface area (Å²) in [6, 6.07) is 10.2. The number of unbranched alkanes of at least 4 members (excludes halogenated alkanes) is 3. The maximum Gasteiger partial charge on any atom is 0.305 e. The predicted molar refractivity (Wildman–Crippen MR) is 123 cm³/mol. The summed E-state index contributed by atoms with van der Waals surface area (Å²) in [5.41, 5.74) is 1.37. The fourth-order valence-corrected chi connectivity index (χ4v) is 5.36. The van der Waals surface area contributed by atoms with Gasteiger partial charge in [0.2, 0.25) is 0 Å². The average Bonchev–Trinajstić information content (AvgIpc) is 2.82. The molecule has 0 amide bonds. The van der Waals surface area contributed by atoms with Crippen LogP contribution in [0.4, 0.5) is 5.69 Å². The zero-order valence-electron chi connectivity index (χ0n) is 18.9. The molecule has 3 rings (SSSR count). The normalized spacial score (nSPS) is 19.7. The van der Waals surface area contributed by atoms with Gasteiger partial charge in [-0.2, -0.15) is 0 Å². The molecular formula is C23H29ClN2O4S. The number of halogens is 1. The van der Waals surface area contributed by atoms with Crippen molar-refractivity contribution < 1.29 is 19.3 Å². The number of nitrogens with zero attached hydrogens (tertiary/aromatic N) is 1. The lowest BCUT2D eigenvalue weighted by Gasteiger charge is -2.22. The van der Waals surface area contributed by atoms with Crippen LogP contribution >= 0.6 is 11.6 Å². The van der Waals surface area contributed by atoms with E-state index in [4.69, 9.17) is 16.3 Å². The summed E-state index contributed by atoms with van der Waals surface area (Å²) in [5.74, 6) is -0.175. The molecule has 1 atom stereocenters. The number of sulfonamides is 1. The molecule has 8 heteroatoms. The van der Waals surface area contributed by atoms with E-state index in [1.165, 1.54) is 17.4 Å². The van der Waals surface area contributed by atoms with E-state index in [-0.39, 0.29) is 10.9 Å². The first-order chi connectivity index (χ1) is 15.2. The first-order valence-electron chi connectivity index (χ1n) is 11.0. The number of esters is 1. The Morgan fingerprint density at radius 1 is 1.16 bits per heavy atom. The molecule has 0 bridgehead atoms. The molecule has 1 heterocycles. The van der Waals surface area contributed by atoms with Crippen LogP contribution in [0.2, 0.25) is 5.02 Å². The van der Waals surface area contributed by atoms with Crippen LogP contribution in [0.15, 0.2) is 47.4 Å². The van der Waals surface area contributed by atoms with Crippen LogP contribution in [-0.4, -0.2) is 34.6 Å². The number of hydrogen-bond donors (Lipinski definition) is 1. The van der Waals surface area contributed by atoms with Gasteiger partial charge < -0.3 is 10.1 Å². The van der Waals surface area contributed by atoms with Gasteiger partial charge in [0.05, 0.1) is 24.6 Å². The van der Waals surface area contributed by atoms with E-state index in [0.29, 0.717) is 41.4 Å². The van der Waals surface area contributed by atoms with E-state index < -0.39 is 16.0 Å². The first kappa shape index (κ1) is 22.1. The van der Waals surface area contributed by atoms with Crippen molar-refractivity contribution in [2.75, 3.05) is 24.5 Å². The zero-order chi connectivity index (χ0) is 23.4. The Kier molecular flexibility index (Phi) is 7.48. The number of anilines is 1. The quantitative estimate of drug-likeness (QED) is 0.430. The number of ether oxygens (including phenoxy) is 1. The number of carbonyl (C=O) groups is 1. The SMILES string of the molecule is [2H][C@]1(NCCCCCCC(=O)OCC)c2ccccc2N(C)S(=O)(=O)c2cc(Cl)ccc21. The van der Waals surface area contributed by atoms with Crippen molar-refractivity contribution in [3.63, 3.8) is 0 Å². The highest BCUT2D eigenvalue weighted by Gasteiger charge is 2.34. The molecule has 6 nitrogen and oxygen atoms in total. The Morgan fingerprint density at radius 3 is 2.68 bits per heavy atom. The molecule has 1 aliphatic rings. The van der Waals surface area contributed by atoms with E-state index in [1.807, 2.05) is 0 Å². The molecule has 31 heavy (non-hydrogen) atoms. The second-order valence-electron chi connectivity index (χ2n) is 7.40. The Hall–Kier alpha value is -2.09. The van der Waals surface area contributed by atoms with Crippen molar-refractivity contribution in [2.45, 2.75) is 49.9 Å². The highest BCUT2D eigenvalue weighted by atomic mass is 35.5. The molecule has 1 N–H and O–H groups in total. The topological polar surface area (TPSA) is 75.7 Å². The molecule has 2 aromatic rings. The molecule has 0 aromatic heterocycles. The van der Waals surface area contributed by atoms with Crippen LogP contribution in [-0.2, 0) is 19.6 Å². The van der Waals surface area contributed by atoms with Crippen molar-refractivity contribution in [3.8, 4) is 0 Å². The maximum absolute atomic E-state index is 13.3. The Balaban J connectivity index is 1.81. The van der Waals surface area contributed by atoms with Gasteiger partial charge in [-0.15, -0.1) is 0 Å². The van der Waals surface area contributed by atoms with Crippen LogP contribution < -0.4 is 9.62 Å². The molecule has 0 radical (unpaired) electrons. The third kappa shape index (κ3) is 5.40. The minimum absolute atomic E-state index is 0.0284. The summed E-state index contributed by atoms with van der Waals surface area (Å²) >= 11 is 6.13. The maximum atomic E-state index is 13.3. The third-order valence-corrected chi connectivity index (χ3v) is 7.33. The fourth-order valence-electron chi connectivity index (χ4n) is 3.68. The smallest absolute Gasteiger partial charge is 0.305 e. The van der Waals surface area contributed by atoms with E-state index >= 15 is 0 Å².